The third-order valence-corrected chi connectivity index (χ3v) is 5.41. The van der Waals surface area contributed by atoms with Crippen LogP contribution in [0.2, 0.25) is 0 Å². The van der Waals surface area contributed by atoms with E-state index in [1.165, 1.54) is 0 Å². The fourth-order valence-corrected chi connectivity index (χ4v) is 3.92. The molecule has 1 saturated heterocycles. The molecule has 1 aliphatic rings. The average molecular weight is 397 g/mol. The molecule has 0 atom stereocenters. The first kappa shape index (κ1) is 18.4. The second kappa shape index (κ2) is 7.99. The lowest BCUT2D eigenvalue weighted by Gasteiger charge is -2.29. The van der Waals surface area contributed by atoms with Crippen LogP contribution in [0.5, 0.6) is 5.75 Å². The van der Waals surface area contributed by atoms with Crippen molar-refractivity contribution in [3.8, 4) is 5.75 Å². The van der Waals surface area contributed by atoms with Crippen molar-refractivity contribution in [1.82, 2.24) is 15.0 Å². The van der Waals surface area contributed by atoms with Crippen molar-refractivity contribution in [3.63, 3.8) is 0 Å². The minimum atomic E-state index is 0.204. The highest BCUT2D eigenvalue weighted by Crippen LogP contribution is 2.39. The predicted octanol–water partition coefficient (Wildman–Crippen LogP) is 4.67. The number of phenolic OH excluding ortho intramolecular Hbond substituents is 1. The Bertz CT molecular complexity index is 1160. The van der Waals surface area contributed by atoms with Gasteiger partial charge in [0.05, 0.1) is 29.0 Å². The Morgan fingerprint density at radius 2 is 1.53 bits per heavy atom. The smallest absolute Gasteiger partial charge is 0.177 e. The number of fused-ring (bicyclic) bond motifs is 1. The highest BCUT2D eigenvalue weighted by atomic mass is 16.3. The summed E-state index contributed by atoms with van der Waals surface area (Å²) in [4.78, 5) is 18.8. The van der Waals surface area contributed by atoms with Gasteiger partial charge in [0, 0.05) is 19.3 Å². The van der Waals surface area contributed by atoms with Crippen LogP contribution in [0.1, 0.15) is 18.5 Å². The molecule has 0 saturated carbocycles. The van der Waals surface area contributed by atoms with Gasteiger partial charge in [0.2, 0.25) is 0 Å². The summed E-state index contributed by atoms with van der Waals surface area (Å²) in [7, 11) is 0. The highest BCUT2D eigenvalue weighted by Gasteiger charge is 2.25. The summed E-state index contributed by atoms with van der Waals surface area (Å²) < 4.78 is 0. The summed E-state index contributed by atoms with van der Waals surface area (Å²) in [6, 6.07) is 21.1. The molecule has 2 aromatic carbocycles. The second-order valence-corrected chi connectivity index (χ2v) is 7.45. The molecule has 5 rings (SSSR count). The van der Waals surface area contributed by atoms with Crippen LogP contribution in [0.25, 0.3) is 11.0 Å². The first-order valence-corrected chi connectivity index (χ1v) is 10.3. The highest BCUT2D eigenvalue weighted by molar-refractivity contribution is 5.83. The third-order valence-electron chi connectivity index (χ3n) is 5.41. The van der Waals surface area contributed by atoms with Crippen molar-refractivity contribution in [2.45, 2.75) is 19.4 Å². The van der Waals surface area contributed by atoms with E-state index in [0.29, 0.717) is 12.2 Å². The molecule has 0 bridgehead atoms. The molecule has 0 amide bonds. The zero-order chi connectivity index (χ0) is 20.3. The Balaban J connectivity index is 1.71. The maximum atomic E-state index is 10.7. The van der Waals surface area contributed by atoms with Crippen LogP contribution < -0.4 is 9.80 Å². The van der Waals surface area contributed by atoms with E-state index < -0.39 is 0 Å². The molecular formula is C24H23N5O. The fraction of sp³-hybridized carbons (Fsp3) is 0.208. The van der Waals surface area contributed by atoms with Gasteiger partial charge >= 0.3 is 0 Å². The van der Waals surface area contributed by atoms with Gasteiger partial charge in [-0.2, -0.15) is 0 Å². The summed E-state index contributed by atoms with van der Waals surface area (Å²) >= 11 is 0. The lowest BCUT2D eigenvalue weighted by atomic mass is 10.2. The van der Waals surface area contributed by atoms with E-state index in [4.69, 9.17) is 9.97 Å². The third kappa shape index (κ3) is 3.52. The van der Waals surface area contributed by atoms with Gasteiger partial charge in [-0.1, -0.05) is 30.3 Å². The molecule has 1 N–H and O–H groups in total. The summed E-state index contributed by atoms with van der Waals surface area (Å²) in [5, 5.41) is 10.7. The molecule has 6 nitrogen and oxygen atoms in total. The van der Waals surface area contributed by atoms with E-state index in [0.717, 1.165) is 54.3 Å². The number of rotatable bonds is 5. The zero-order valence-corrected chi connectivity index (χ0v) is 16.6. The van der Waals surface area contributed by atoms with Gasteiger partial charge in [0.15, 0.2) is 11.6 Å². The predicted molar refractivity (Wildman–Crippen MR) is 119 cm³/mol. The maximum Gasteiger partial charge on any atom is 0.177 e. The average Bonchev–Trinajstić information content (AvgIpc) is 3.33. The molecule has 0 spiro atoms. The van der Waals surface area contributed by atoms with Crippen molar-refractivity contribution in [2.75, 3.05) is 22.9 Å². The second-order valence-electron chi connectivity index (χ2n) is 7.45. The number of hydrogen-bond acceptors (Lipinski definition) is 6. The number of phenols is 1. The van der Waals surface area contributed by atoms with Crippen molar-refractivity contribution in [2.24, 2.45) is 0 Å². The molecule has 2 aromatic heterocycles. The van der Waals surface area contributed by atoms with Crippen molar-refractivity contribution >= 4 is 28.4 Å². The van der Waals surface area contributed by atoms with Gasteiger partial charge in [0.1, 0.15) is 5.75 Å². The lowest BCUT2D eigenvalue weighted by molar-refractivity contribution is 0.475. The summed E-state index contributed by atoms with van der Waals surface area (Å²) in [5.74, 6) is 1.80. The molecule has 0 radical (unpaired) electrons. The quantitative estimate of drug-likeness (QED) is 0.528. The summed E-state index contributed by atoms with van der Waals surface area (Å²) in [6.45, 7) is 2.39. The van der Waals surface area contributed by atoms with Gasteiger partial charge in [-0.25, -0.2) is 9.97 Å². The number of aromatic nitrogens is 3. The van der Waals surface area contributed by atoms with Crippen LogP contribution in [0.4, 0.5) is 17.3 Å². The fourth-order valence-electron chi connectivity index (χ4n) is 3.92. The molecular weight excluding hydrogens is 374 g/mol. The Hall–Kier alpha value is -3.67. The first-order chi connectivity index (χ1) is 14.8. The molecule has 30 heavy (non-hydrogen) atoms. The van der Waals surface area contributed by atoms with E-state index >= 15 is 0 Å². The summed E-state index contributed by atoms with van der Waals surface area (Å²) in [5.41, 5.74) is 3.28. The Morgan fingerprint density at radius 3 is 2.27 bits per heavy atom. The van der Waals surface area contributed by atoms with E-state index in [9.17, 15) is 5.11 Å². The maximum absolute atomic E-state index is 10.7. The zero-order valence-electron chi connectivity index (χ0n) is 16.6. The van der Waals surface area contributed by atoms with Crippen LogP contribution in [0, 0.1) is 0 Å². The molecule has 1 aliphatic heterocycles. The van der Waals surface area contributed by atoms with Crippen LogP contribution in [0.15, 0.2) is 72.9 Å². The number of para-hydroxylation sites is 4. The minimum absolute atomic E-state index is 0.204. The first-order valence-electron chi connectivity index (χ1n) is 10.3. The monoisotopic (exact) mass is 397 g/mol. The molecule has 3 heterocycles. The van der Waals surface area contributed by atoms with Crippen molar-refractivity contribution in [3.05, 3.63) is 78.6 Å². The van der Waals surface area contributed by atoms with Gasteiger partial charge in [-0.15, -0.1) is 0 Å². The molecule has 6 heteroatoms. The van der Waals surface area contributed by atoms with Crippen molar-refractivity contribution in [1.29, 1.82) is 0 Å². The van der Waals surface area contributed by atoms with Crippen LogP contribution >= 0.6 is 0 Å². The van der Waals surface area contributed by atoms with E-state index in [-0.39, 0.29) is 5.75 Å². The SMILES string of the molecule is Oc1ccccc1N(Cc1ccccn1)c1nc2ccccc2nc1N1CCCC1. The number of aromatic hydroxyl groups is 1. The van der Waals surface area contributed by atoms with E-state index in [2.05, 4.69) is 9.88 Å². The van der Waals surface area contributed by atoms with E-state index in [1.807, 2.05) is 65.6 Å². The largest absolute Gasteiger partial charge is 0.506 e. The van der Waals surface area contributed by atoms with E-state index in [1.54, 1.807) is 12.3 Å². The number of hydrogen-bond donors (Lipinski definition) is 1. The number of nitrogens with zero attached hydrogens (tertiary/aromatic N) is 5. The van der Waals surface area contributed by atoms with Gasteiger partial charge in [0.25, 0.3) is 0 Å². The molecule has 150 valence electrons. The number of pyridine rings is 1. The number of anilines is 3. The lowest BCUT2D eigenvalue weighted by Crippen LogP contribution is -2.26. The Labute approximate surface area is 175 Å². The van der Waals surface area contributed by atoms with Crippen LogP contribution in [0.3, 0.4) is 0 Å². The topological polar surface area (TPSA) is 65.4 Å². The summed E-state index contributed by atoms with van der Waals surface area (Å²) in [6.07, 6.45) is 4.07. The van der Waals surface area contributed by atoms with Crippen LogP contribution in [-0.4, -0.2) is 33.1 Å². The molecule has 0 unspecified atom stereocenters. The molecule has 4 aromatic rings. The normalized spacial score (nSPS) is 13.7. The standard InChI is InChI=1S/C24H23N5O/c30-22-13-4-3-12-21(22)29(17-18-9-5-6-14-25-18)24-23(28-15-7-8-16-28)26-19-10-1-2-11-20(19)27-24/h1-6,9-14,30H,7-8,15-17H2. The Morgan fingerprint density at radius 1 is 0.833 bits per heavy atom. The molecule has 1 fully saturated rings. The Kier molecular flexibility index (Phi) is 4.89. The van der Waals surface area contributed by atoms with Crippen LogP contribution in [-0.2, 0) is 6.54 Å². The van der Waals surface area contributed by atoms with Crippen molar-refractivity contribution < 1.29 is 5.11 Å². The minimum Gasteiger partial charge on any atom is -0.506 e. The van der Waals surface area contributed by atoms with Gasteiger partial charge in [-0.3, -0.25) is 4.98 Å². The number of benzene rings is 2. The van der Waals surface area contributed by atoms with Gasteiger partial charge < -0.3 is 14.9 Å². The van der Waals surface area contributed by atoms with Gasteiger partial charge in [-0.05, 0) is 49.2 Å². The molecule has 0 aliphatic carbocycles.